The van der Waals surface area contributed by atoms with Crippen LogP contribution in [0.15, 0.2) is 4.99 Å². The molecule has 4 unspecified atom stereocenters. The molecule has 0 spiro atoms. The summed E-state index contributed by atoms with van der Waals surface area (Å²) in [5.41, 5.74) is 21.2. The first-order chi connectivity index (χ1) is 16.8. The maximum absolute atomic E-state index is 12.9. The molecule has 0 saturated carbocycles. The molecule has 4 atom stereocenters. The van der Waals surface area contributed by atoms with Crippen LogP contribution < -0.4 is 33.6 Å². The molecular formula is C20H34N8O8. The molecule has 0 radical (unpaired) electrons. The molecule has 12 N–H and O–H groups in total. The Labute approximate surface area is 206 Å². The molecule has 0 aromatic carbocycles. The molecule has 0 aromatic rings. The minimum absolute atomic E-state index is 0.0277. The monoisotopic (exact) mass is 514 g/mol. The fraction of sp³-hybridized carbons (Fsp3) is 0.650. The van der Waals surface area contributed by atoms with Crippen molar-refractivity contribution in [1.82, 2.24) is 15.5 Å². The Morgan fingerprint density at radius 1 is 1.00 bits per heavy atom. The van der Waals surface area contributed by atoms with Crippen LogP contribution in [0.25, 0.3) is 0 Å². The minimum atomic E-state index is -1.38. The number of hydrogen-bond donors (Lipinski definition) is 8. The van der Waals surface area contributed by atoms with Crippen molar-refractivity contribution in [3.8, 4) is 0 Å². The van der Waals surface area contributed by atoms with Gasteiger partial charge in [0, 0.05) is 19.5 Å². The molecule has 1 heterocycles. The highest BCUT2D eigenvalue weighted by Crippen LogP contribution is 2.19. The molecule has 1 rings (SSSR count). The van der Waals surface area contributed by atoms with Crippen molar-refractivity contribution in [2.75, 3.05) is 13.1 Å². The number of likely N-dealkylation sites (tertiary alicyclic amines) is 1. The molecule has 1 fully saturated rings. The maximum atomic E-state index is 12.9. The van der Waals surface area contributed by atoms with Crippen LogP contribution in [-0.4, -0.2) is 93.9 Å². The normalized spacial score (nSPS) is 17.4. The standard InChI is InChI=1S/C20H34N8O8/c21-10(9-14(22)29)18(34)28-8-2-4-13(28)17(33)26-11(5-6-15(30)31)16(32)27-12(19(35)36)3-1-7-25-20(23)24/h10-13H,1-9,21H2,(H2,22,29)(H,26,33)(H,27,32)(H,30,31)(H,35,36)(H4,23,24,25). The van der Waals surface area contributed by atoms with Crippen molar-refractivity contribution < 1.29 is 39.0 Å². The molecule has 16 nitrogen and oxygen atoms in total. The fourth-order valence-electron chi connectivity index (χ4n) is 3.66. The van der Waals surface area contributed by atoms with E-state index in [0.29, 0.717) is 6.42 Å². The van der Waals surface area contributed by atoms with E-state index in [0.717, 1.165) is 0 Å². The number of nitrogens with zero attached hydrogens (tertiary/aromatic N) is 2. The van der Waals surface area contributed by atoms with E-state index in [1.165, 1.54) is 4.90 Å². The van der Waals surface area contributed by atoms with Gasteiger partial charge in [0.05, 0.1) is 12.5 Å². The van der Waals surface area contributed by atoms with E-state index in [2.05, 4.69) is 15.6 Å². The van der Waals surface area contributed by atoms with Crippen molar-refractivity contribution >= 4 is 41.5 Å². The third-order valence-electron chi connectivity index (χ3n) is 5.42. The number of aliphatic carboxylic acids is 2. The van der Waals surface area contributed by atoms with E-state index < -0.39 is 72.6 Å². The van der Waals surface area contributed by atoms with Gasteiger partial charge in [-0.2, -0.15) is 0 Å². The van der Waals surface area contributed by atoms with E-state index in [9.17, 15) is 33.9 Å². The Morgan fingerprint density at radius 3 is 2.22 bits per heavy atom. The second kappa shape index (κ2) is 14.4. The molecule has 1 aliphatic rings. The average molecular weight is 515 g/mol. The third-order valence-corrected chi connectivity index (χ3v) is 5.42. The Balaban J connectivity index is 2.91. The predicted molar refractivity (Wildman–Crippen MR) is 125 cm³/mol. The summed E-state index contributed by atoms with van der Waals surface area (Å²) in [7, 11) is 0. The van der Waals surface area contributed by atoms with Gasteiger partial charge in [0.1, 0.15) is 18.1 Å². The van der Waals surface area contributed by atoms with Gasteiger partial charge in [0.25, 0.3) is 0 Å². The zero-order valence-corrected chi connectivity index (χ0v) is 19.7. The summed E-state index contributed by atoms with van der Waals surface area (Å²) in [6, 6.07) is -4.97. The number of nitrogens with two attached hydrogens (primary N) is 4. The van der Waals surface area contributed by atoms with Gasteiger partial charge in [0.2, 0.25) is 23.6 Å². The highest BCUT2D eigenvalue weighted by atomic mass is 16.4. The SMILES string of the molecule is NC(=O)CC(N)C(=O)N1CCCC1C(=O)NC(CCC(=O)O)C(=O)NC(CCCN=C(N)N)C(=O)O. The van der Waals surface area contributed by atoms with Crippen molar-refractivity contribution in [2.24, 2.45) is 27.9 Å². The number of rotatable bonds is 15. The van der Waals surface area contributed by atoms with Gasteiger partial charge >= 0.3 is 11.9 Å². The molecule has 4 amide bonds. The molecule has 36 heavy (non-hydrogen) atoms. The van der Waals surface area contributed by atoms with Crippen LogP contribution >= 0.6 is 0 Å². The van der Waals surface area contributed by atoms with Crippen LogP contribution in [0.1, 0.15) is 44.9 Å². The van der Waals surface area contributed by atoms with Crippen molar-refractivity contribution in [1.29, 1.82) is 0 Å². The molecular weight excluding hydrogens is 480 g/mol. The van der Waals surface area contributed by atoms with Crippen molar-refractivity contribution in [3.63, 3.8) is 0 Å². The molecule has 202 valence electrons. The summed E-state index contributed by atoms with van der Waals surface area (Å²) >= 11 is 0. The number of carboxylic acids is 2. The lowest BCUT2D eigenvalue weighted by Gasteiger charge is -2.28. The highest BCUT2D eigenvalue weighted by molar-refractivity contribution is 5.95. The van der Waals surface area contributed by atoms with E-state index in [1.807, 2.05) is 0 Å². The lowest BCUT2D eigenvalue weighted by molar-refractivity contribution is -0.144. The first-order valence-corrected chi connectivity index (χ1v) is 11.3. The first kappa shape index (κ1) is 30.1. The summed E-state index contributed by atoms with van der Waals surface area (Å²) in [6.07, 6.45) is -0.321. The highest BCUT2D eigenvalue weighted by Gasteiger charge is 2.38. The third kappa shape index (κ3) is 10.1. The van der Waals surface area contributed by atoms with E-state index in [1.54, 1.807) is 0 Å². The minimum Gasteiger partial charge on any atom is -0.481 e. The number of aliphatic imine (C=N–C) groups is 1. The molecule has 16 heteroatoms. The van der Waals surface area contributed by atoms with Crippen LogP contribution in [0, 0.1) is 0 Å². The van der Waals surface area contributed by atoms with Gasteiger partial charge in [-0.25, -0.2) is 4.79 Å². The molecule has 0 bridgehead atoms. The predicted octanol–water partition coefficient (Wildman–Crippen LogP) is -3.85. The van der Waals surface area contributed by atoms with Crippen LogP contribution in [0.2, 0.25) is 0 Å². The Morgan fingerprint density at radius 2 is 1.67 bits per heavy atom. The number of carbonyl (C=O) groups excluding carboxylic acids is 4. The van der Waals surface area contributed by atoms with Crippen LogP contribution in [0.3, 0.4) is 0 Å². The number of carbonyl (C=O) groups is 6. The summed E-state index contributed by atoms with van der Waals surface area (Å²) in [4.78, 5) is 76.9. The lowest BCUT2D eigenvalue weighted by Crippen LogP contribution is -2.56. The summed E-state index contributed by atoms with van der Waals surface area (Å²) in [5, 5.41) is 23.2. The number of carboxylic acid groups (broad SMARTS) is 2. The smallest absolute Gasteiger partial charge is 0.326 e. The van der Waals surface area contributed by atoms with E-state index in [4.69, 9.17) is 28.0 Å². The maximum Gasteiger partial charge on any atom is 0.326 e. The van der Waals surface area contributed by atoms with Gasteiger partial charge in [-0.05, 0) is 32.1 Å². The van der Waals surface area contributed by atoms with Crippen LogP contribution in [-0.2, 0) is 28.8 Å². The van der Waals surface area contributed by atoms with Gasteiger partial charge in [-0.15, -0.1) is 0 Å². The van der Waals surface area contributed by atoms with E-state index >= 15 is 0 Å². The number of amides is 4. The molecule has 1 saturated heterocycles. The van der Waals surface area contributed by atoms with Gasteiger partial charge in [-0.3, -0.25) is 29.0 Å². The second-order valence-electron chi connectivity index (χ2n) is 8.31. The largest absolute Gasteiger partial charge is 0.481 e. The van der Waals surface area contributed by atoms with Crippen molar-refractivity contribution in [2.45, 2.75) is 69.1 Å². The second-order valence-corrected chi connectivity index (χ2v) is 8.31. The topological polar surface area (TPSA) is 287 Å². The number of hydrogen-bond acceptors (Lipinski definition) is 8. The summed E-state index contributed by atoms with van der Waals surface area (Å²) in [5.74, 6) is -5.83. The van der Waals surface area contributed by atoms with Crippen LogP contribution in [0.5, 0.6) is 0 Å². The number of guanidine groups is 1. The summed E-state index contributed by atoms with van der Waals surface area (Å²) in [6.45, 7) is 0.316. The van der Waals surface area contributed by atoms with Gasteiger partial charge in [-0.1, -0.05) is 0 Å². The van der Waals surface area contributed by atoms with E-state index in [-0.39, 0.29) is 44.7 Å². The lowest BCUT2D eigenvalue weighted by atomic mass is 10.1. The Kier molecular flexibility index (Phi) is 12.1. The molecule has 1 aliphatic heterocycles. The van der Waals surface area contributed by atoms with Gasteiger partial charge in [0.15, 0.2) is 5.96 Å². The van der Waals surface area contributed by atoms with Crippen LogP contribution in [0.4, 0.5) is 0 Å². The number of nitrogens with one attached hydrogen (secondary N) is 2. The van der Waals surface area contributed by atoms with Gasteiger partial charge < -0.3 is 48.7 Å². The quantitative estimate of drug-likeness (QED) is 0.0594. The fourth-order valence-corrected chi connectivity index (χ4v) is 3.66. The zero-order valence-electron chi connectivity index (χ0n) is 19.7. The molecule has 0 aliphatic carbocycles. The first-order valence-electron chi connectivity index (χ1n) is 11.3. The average Bonchev–Trinajstić information content (AvgIpc) is 3.26. The Bertz CT molecular complexity index is 876. The Hall–Kier alpha value is -3.95. The number of primary amides is 1. The van der Waals surface area contributed by atoms with Crippen molar-refractivity contribution in [3.05, 3.63) is 0 Å². The summed E-state index contributed by atoms with van der Waals surface area (Å²) < 4.78 is 0. The molecule has 0 aromatic heterocycles. The zero-order chi connectivity index (χ0) is 27.4.